The quantitative estimate of drug-likeness (QED) is 0.368. The molecule has 1 heterocycles. The second kappa shape index (κ2) is 3.87. The molecule has 2 unspecified atom stereocenters. The van der Waals surface area contributed by atoms with Crippen molar-refractivity contribution in [1.29, 1.82) is 0 Å². The van der Waals surface area contributed by atoms with E-state index in [1.165, 1.54) is 0 Å². The van der Waals surface area contributed by atoms with Gasteiger partial charge in [-0.1, -0.05) is 0 Å². The first-order valence-corrected chi connectivity index (χ1v) is 6.01. The SMILES string of the molecule is CCOc1ccc([N+]2([O-])C=CC2(C)Br)cc1. The average molecular weight is 284 g/mol. The van der Waals surface area contributed by atoms with Gasteiger partial charge in [-0.3, -0.25) is 4.65 Å². The minimum atomic E-state index is -0.555. The van der Waals surface area contributed by atoms with Gasteiger partial charge in [-0.15, -0.1) is 0 Å². The first-order chi connectivity index (χ1) is 7.49. The zero-order valence-corrected chi connectivity index (χ0v) is 10.9. The molecule has 86 valence electrons. The predicted octanol–water partition coefficient (Wildman–Crippen LogP) is 3.53. The van der Waals surface area contributed by atoms with Crippen LogP contribution in [0.2, 0.25) is 0 Å². The molecular weight excluding hydrogens is 270 g/mol. The Kier molecular flexibility index (Phi) is 2.82. The maximum Gasteiger partial charge on any atom is 0.184 e. The molecule has 4 heteroatoms. The summed E-state index contributed by atoms with van der Waals surface area (Å²) in [5, 5.41) is 12.4. The van der Waals surface area contributed by atoms with Gasteiger partial charge in [0.25, 0.3) is 0 Å². The number of halogens is 1. The molecule has 1 aliphatic heterocycles. The van der Waals surface area contributed by atoms with E-state index in [0.717, 1.165) is 5.75 Å². The molecule has 1 aliphatic rings. The summed E-state index contributed by atoms with van der Waals surface area (Å²) in [6.07, 6.45) is 3.49. The van der Waals surface area contributed by atoms with Gasteiger partial charge in [-0.25, -0.2) is 0 Å². The lowest BCUT2D eigenvalue weighted by molar-refractivity contribution is 0.338. The first kappa shape index (κ1) is 11.6. The van der Waals surface area contributed by atoms with Crippen molar-refractivity contribution >= 4 is 21.6 Å². The van der Waals surface area contributed by atoms with Crippen molar-refractivity contribution in [2.45, 2.75) is 18.3 Å². The largest absolute Gasteiger partial charge is 0.621 e. The normalized spacial score (nSPS) is 32.2. The van der Waals surface area contributed by atoms with E-state index in [1.54, 1.807) is 18.3 Å². The molecule has 0 saturated heterocycles. The molecule has 16 heavy (non-hydrogen) atoms. The first-order valence-electron chi connectivity index (χ1n) is 5.22. The fourth-order valence-electron chi connectivity index (χ4n) is 1.68. The number of alkyl halides is 1. The fraction of sp³-hybridized carbons (Fsp3) is 0.333. The van der Waals surface area contributed by atoms with Crippen LogP contribution in [0.4, 0.5) is 5.69 Å². The molecule has 0 N–H and O–H groups in total. The minimum absolute atomic E-state index is 0.473. The zero-order valence-electron chi connectivity index (χ0n) is 9.31. The smallest absolute Gasteiger partial charge is 0.184 e. The van der Waals surface area contributed by atoms with Crippen molar-refractivity contribution < 1.29 is 4.74 Å². The van der Waals surface area contributed by atoms with Crippen LogP contribution in [0.25, 0.3) is 0 Å². The van der Waals surface area contributed by atoms with Gasteiger partial charge in [-0.2, -0.15) is 0 Å². The second-order valence-electron chi connectivity index (χ2n) is 3.92. The topological polar surface area (TPSA) is 32.3 Å². The van der Waals surface area contributed by atoms with Gasteiger partial charge < -0.3 is 9.94 Å². The van der Waals surface area contributed by atoms with Crippen molar-refractivity contribution in [3.8, 4) is 5.75 Å². The number of benzene rings is 1. The lowest BCUT2D eigenvalue weighted by atomic mass is 10.1. The summed E-state index contributed by atoms with van der Waals surface area (Å²) in [4.78, 5) is 0. The summed E-state index contributed by atoms with van der Waals surface area (Å²) < 4.78 is 4.31. The Bertz CT molecular complexity index is 414. The predicted molar refractivity (Wildman–Crippen MR) is 69.2 cm³/mol. The summed E-state index contributed by atoms with van der Waals surface area (Å²) in [6.45, 7) is 4.42. The summed E-state index contributed by atoms with van der Waals surface area (Å²) in [5.74, 6) is 0.790. The molecule has 1 aromatic carbocycles. The van der Waals surface area contributed by atoms with Gasteiger partial charge in [0, 0.05) is 25.1 Å². The van der Waals surface area contributed by atoms with Gasteiger partial charge in [0.05, 0.1) is 6.61 Å². The molecule has 0 bridgehead atoms. The third-order valence-corrected chi connectivity index (χ3v) is 3.56. The molecule has 1 aromatic rings. The minimum Gasteiger partial charge on any atom is -0.621 e. The van der Waals surface area contributed by atoms with Crippen LogP contribution in [0, 0.1) is 5.21 Å². The molecule has 0 aromatic heterocycles. The summed E-state index contributed by atoms with van der Waals surface area (Å²) in [7, 11) is 0. The molecule has 0 fully saturated rings. The second-order valence-corrected chi connectivity index (χ2v) is 5.53. The number of quaternary nitrogens is 1. The van der Waals surface area contributed by atoms with Crippen LogP contribution in [0.15, 0.2) is 36.5 Å². The Morgan fingerprint density at radius 3 is 2.38 bits per heavy atom. The molecule has 2 atom stereocenters. The van der Waals surface area contributed by atoms with E-state index in [1.807, 2.05) is 32.1 Å². The molecule has 0 spiro atoms. The van der Waals surface area contributed by atoms with E-state index in [9.17, 15) is 5.21 Å². The standard InChI is InChI=1S/C12H14BrNO2/c1-3-16-11-6-4-10(5-7-11)14(15)9-8-12(14,2)13/h4-9H,3H2,1-2H3. The Balaban J connectivity index is 2.26. The number of hydroxylamine groups is 2. The maximum absolute atomic E-state index is 12.4. The van der Waals surface area contributed by atoms with Gasteiger partial charge in [0.2, 0.25) is 0 Å². The number of hydrogen-bond acceptors (Lipinski definition) is 2. The molecule has 2 rings (SSSR count). The monoisotopic (exact) mass is 283 g/mol. The van der Waals surface area contributed by atoms with E-state index in [-0.39, 0.29) is 0 Å². The Morgan fingerprint density at radius 2 is 2.00 bits per heavy atom. The third-order valence-electron chi connectivity index (χ3n) is 2.77. The van der Waals surface area contributed by atoms with Crippen molar-refractivity contribution in [2.24, 2.45) is 0 Å². The zero-order chi connectivity index (χ0) is 11.8. The lowest BCUT2D eigenvalue weighted by Gasteiger charge is -2.53. The van der Waals surface area contributed by atoms with E-state index in [0.29, 0.717) is 12.3 Å². The van der Waals surface area contributed by atoms with Crippen molar-refractivity contribution in [3.05, 3.63) is 41.7 Å². The lowest BCUT2D eigenvalue weighted by Crippen LogP contribution is -2.58. The van der Waals surface area contributed by atoms with Crippen LogP contribution in [-0.4, -0.2) is 11.1 Å². The van der Waals surface area contributed by atoms with Crippen LogP contribution < -0.4 is 9.38 Å². The van der Waals surface area contributed by atoms with Gasteiger partial charge in [-0.05, 0) is 35.0 Å². The third kappa shape index (κ3) is 1.67. The van der Waals surface area contributed by atoms with E-state index in [2.05, 4.69) is 15.9 Å². The molecule has 0 saturated carbocycles. The summed E-state index contributed by atoms with van der Waals surface area (Å²) >= 11 is 3.41. The molecule has 0 radical (unpaired) electrons. The number of hydrogen-bond donors (Lipinski definition) is 0. The Hall–Kier alpha value is -0.840. The van der Waals surface area contributed by atoms with Gasteiger partial charge in [0.15, 0.2) is 4.45 Å². The molecule has 0 aliphatic carbocycles. The highest BCUT2D eigenvalue weighted by Gasteiger charge is 2.45. The Morgan fingerprint density at radius 1 is 1.38 bits per heavy atom. The van der Waals surface area contributed by atoms with Crippen LogP contribution >= 0.6 is 15.9 Å². The summed E-state index contributed by atoms with van der Waals surface area (Å²) in [6, 6.07) is 7.26. The van der Waals surface area contributed by atoms with E-state index >= 15 is 0 Å². The van der Waals surface area contributed by atoms with E-state index < -0.39 is 9.09 Å². The van der Waals surface area contributed by atoms with Crippen LogP contribution in [0.5, 0.6) is 5.75 Å². The van der Waals surface area contributed by atoms with Crippen molar-refractivity contribution in [1.82, 2.24) is 4.65 Å². The highest BCUT2D eigenvalue weighted by Crippen LogP contribution is 2.45. The van der Waals surface area contributed by atoms with Crippen molar-refractivity contribution in [3.63, 3.8) is 0 Å². The fourth-order valence-corrected chi connectivity index (χ4v) is 2.13. The molecule has 0 amide bonds. The molecular formula is C12H14BrNO2. The number of ether oxygens (including phenoxy) is 1. The Labute approximate surface area is 104 Å². The molecule has 3 nitrogen and oxygen atoms in total. The average Bonchev–Trinajstić information content (AvgIpc) is 2.28. The highest BCUT2D eigenvalue weighted by atomic mass is 79.9. The maximum atomic E-state index is 12.4. The van der Waals surface area contributed by atoms with Crippen LogP contribution in [0.1, 0.15) is 13.8 Å². The highest BCUT2D eigenvalue weighted by molar-refractivity contribution is 9.10. The van der Waals surface area contributed by atoms with Crippen LogP contribution in [-0.2, 0) is 0 Å². The van der Waals surface area contributed by atoms with Gasteiger partial charge >= 0.3 is 0 Å². The van der Waals surface area contributed by atoms with Crippen LogP contribution in [0.3, 0.4) is 0 Å². The number of rotatable bonds is 3. The van der Waals surface area contributed by atoms with Gasteiger partial charge in [0.1, 0.15) is 17.6 Å². The van der Waals surface area contributed by atoms with E-state index in [4.69, 9.17) is 4.74 Å². The van der Waals surface area contributed by atoms with Crippen molar-refractivity contribution in [2.75, 3.05) is 6.61 Å². The number of nitrogens with zero attached hydrogens (tertiary/aromatic N) is 1. The summed E-state index contributed by atoms with van der Waals surface area (Å²) in [5.41, 5.74) is 0.699.